The number of unbranched alkanes of at least 4 members (excludes halogenated alkanes) is 1. The summed E-state index contributed by atoms with van der Waals surface area (Å²) in [7, 11) is 0. The molecule has 1 aliphatic carbocycles. The Morgan fingerprint density at radius 2 is 1.94 bits per heavy atom. The molecule has 0 aliphatic heterocycles. The van der Waals surface area contributed by atoms with Crippen LogP contribution >= 0.6 is 0 Å². The van der Waals surface area contributed by atoms with Crippen molar-refractivity contribution in [1.82, 2.24) is 0 Å². The number of Topliss-reactive ketones (excluding diaryl/α,β-unsaturated/α-hetero) is 3. The molecule has 1 rings (SSSR count). The highest BCUT2D eigenvalue weighted by Gasteiger charge is 2.50. The third-order valence-corrected chi connectivity index (χ3v) is 2.58. The smallest absolute Gasteiger partial charge is 0.372 e. The Hall–Kier alpha value is -1.85. The second-order valence-corrected chi connectivity index (χ2v) is 3.76. The van der Waals surface area contributed by atoms with Crippen LogP contribution in [-0.2, 0) is 28.7 Å². The Bertz CT molecular complexity index is 383. The predicted octanol–water partition coefficient (Wildman–Crippen LogP) is -0.376. The number of carbonyl (C=O) groups excluding carboxylic acids is 5. The van der Waals surface area contributed by atoms with Crippen molar-refractivity contribution in [2.45, 2.75) is 32.3 Å². The SMILES string of the molecule is CCCCC1C(=O)C(=O)C(OC(=O)C=O)C1=O. The number of hydrogen-bond acceptors (Lipinski definition) is 6. The highest BCUT2D eigenvalue weighted by atomic mass is 16.6. The fraction of sp³-hybridized carbons (Fsp3) is 0.545. The number of carbonyl (C=O) groups is 5. The Balaban J connectivity index is 2.78. The maximum atomic E-state index is 11.6. The first-order chi connectivity index (χ1) is 8.02. The molecule has 17 heavy (non-hydrogen) atoms. The largest absolute Gasteiger partial charge is 0.440 e. The van der Waals surface area contributed by atoms with Crippen LogP contribution in [0.1, 0.15) is 26.2 Å². The van der Waals surface area contributed by atoms with Crippen molar-refractivity contribution in [2.75, 3.05) is 0 Å². The zero-order chi connectivity index (χ0) is 13.0. The highest BCUT2D eigenvalue weighted by molar-refractivity contribution is 6.52. The molecule has 0 aromatic heterocycles. The Morgan fingerprint density at radius 3 is 2.47 bits per heavy atom. The normalized spacial score (nSPS) is 23.9. The molecule has 2 unspecified atom stereocenters. The van der Waals surface area contributed by atoms with Crippen LogP contribution in [0.2, 0.25) is 0 Å². The molecule has 0 aromatic carbocycles. The van der Waals surface area contributed by atoms with E-state index in [9.17, 15) is 24.0 Å². The molecule has 0 spiro atoms. The minimum Gasteiger partial charge on any atom is -0.440 e. The van der Waals surface area contributed by atoms with Gasteiger partial charge in [0.15, 0.2) is 5.78 Å². The molecule has 0 saturated heterocycles. The van der Waals surface area contributed by atoms with Crippen LogP contribution in [0.15, 0.2) is 0 Å². The lowest BCUT2D eigenvalue weighted by molar-refractivity contribution is -0.159. The van der Waals surface area contributed by atoms with Gasteiger partial charge in [0.1, 0.15) is 0 Å². The minimum atomic E-state index is -1.72. The van der Waals surface area contributed by atoms with E-state index in [1.54, 1.807) is 0 Å². The number of ether oxygens (including phenoxy) is 1. The average molecular weight is 240 g/mol. The first-order valence-corrected chi connectivity index (χ1v) is 5.30. The summed E-state index contributed by atoms with van der Waals surface area (Å²) in [6, 6.07) is 0. The summed E-state index contributed by atoms with van der Waals surface area (Å²) in [6.07, 6.45) is -0.185. The number of hydrogen-bond donors (Lipinski definition) is 0. The van der Waals surface area contributed by atoms with Crippen molar-refractivity contribution in [3.63, 3.8) is 0 Å². The third-order valence-electron chi connectivity index (χ3n) is 2.58. The van der Waals surface area contributed by atoms with Gasteiger partial charge in [-0.25, -0.2) is 4.79 Å². The Kier molecular flexibility index (Phi) is 4.25. The highest BCUT2D eigenvalue weighted by Crippen LogP contribution is 2.23. The molecule has 1 saturated carbocycles. The summed E-state index contributed by atoms with van der Waals surface area (Å²) in [6.45, 7) is 1.88. The molecule has 92 valence electrons. The molecule has 0 heterocycles. The van der Waals surface area contributed by atoms with Gasteiger partial charge in [-0.3, -0.25) is 19.2 Å². The molecule has 0 aromatic rings. The van der Waals surface area contributed by atoms with Crippen molar-refractivity contribution in [3.05, 3.63) is 0 Å². The number of aldehydes is 1. The molecule has 0 N–H and O–H groups in total. The van der Waals surface area contributed by atoms with Gasteiger partial charge in [-0.05, 0) is 6.42 Å². The first kappa shape index (κ1) is 13.2. The third kappa shape index (κ3) is 2.64. The van der Waals surface area contributed by atoms with Gasteiger partial charge < -0.3 is 4.74 Å². The van der Waals surface area contributed by atoms with E-state index >= 15 is 0 Å². The average Bonchev–Trinajstić information content (AvgIpc) is 2.51. The van der Waals surface area contributed by atoms with Crippen molar-refractivity contribution < 1.29 is 28.7 Å². The summed E-state index contributed by atoms with van der Waals surface area (Å²) in [5.74, 6) is -4.92. The molecule has 1 fully saturated rings. The lowest BCUT2D eigenvalue weighted by atomic mass is 9.99. The van der Waals surface area contributed by atoms with E-state index in [0.717, 1.165) is 6.42 Å². The van der Waals surface area contributed by atoms with E-state index in [0.29, 0.717) is 6.42 Å². The second-order valence-electron chi connectivity index (χ2n) is 3.76. The summed E-state index contributed by atoms with van der Waals surface area (Å²) in [5, 5.41) is 0. The van der Waals surface area contributed by atoms with Crippen LogP contribution in [0.3, 0.4) is 0 Å². The minimum absolute atomic E-state index is 0.148. The van der Waals surface area contributed by atoms with Crippen LogP contribution in [0.4, 0.5) is 0 Å². The fourth-order valence-corrected chi connectivity index (χ4v) is 1.68. The molecular weight excluding hydrogens is 228 g/mol. The zero-order valence-corrected chi connectivity index (χ0v) is 9.30. The predicted molar refractivity (Wildman–Crippen MR) is 54.0 cm³/mol. The van der Waals surface area contributed by atoms with Crippen LogP contribution in [0, 0.1) is 5.92 Å². The van der Waals surface area contributed by atoms with Crippen molar-refractivity contribution in [1.29, 1.82) is 0 Å². The number of esters is 1. The lowest BCUT2D eigenvalue weighted by Crippen LogP contribution is -2.30. The van der Waals surface area contributed by atoms with Crippen molar-refractivity contribution in [3.8, 4) is 0 Å². The van der Waals surface area contributed by atoms with E-state index in [-0.39, 0.29) is 12.7 Å². The molecule has 2 atom stereocenters. The molecule has 0 amide bonds. The van der Waals surface area contributed by atoms with Crippen LogP contribution < -0.4 is 0 Å². The summed E-state index contributed by atoms with van der Waals surface area (Å²) in [5.41, 5.74) is 0. The molecule has 6 heteroatoms. The summed E-state index contributed by atoms with van der Waals surface area (Å²) < 4.78 is 4.34. The van der Waals surface area contributed by atoms with Gasteiger partial charge in [-0.1, -0.05) is 19.8 Å². The maximum absolute atomic E-state index is 11.6. The Morgan fingerprint density at radius 1 is 1.29 bits per heavy atom. The maximum Gasteiger partial charge on any atom is 0.372 e. The van der Waals surface area contributed by atoms with E-state index in [4.69, 9.17) is 0 Å². The number of rotatable bonds is 5. The monoisotopic (exact) mass is 240 g/mol. The quantitative estimate of drug-likeness (QED) is 0.281. The Labute approximate surface area is 97.3 Å². The molecule has 0 radical (unpaired) electrons. The molecule has 0 bridgehead atoms. The molecule has 1 aliphatic rings. The number of ketones is 3. The summed E-state index contributed by atoms with van der Waals surface area (Å²) >= 11 is 0. The van der Waals surface area contributed by atoms with Crippen LogP contribution in [-0.4, -0.2) is 35.7 Å². The standard InChI is InChI=1S/C11H12O6/c1-2-3-4-6-8(14)10(16)11(9(6)15)17-7(13)5-12/h5-6,11H,2-4H2,1H3. The van der Waals surface area contributed by atoms with Gasteiger partial charge >= 0.3 is 5.97 Å². The van der Waals surface area contributed by atoms with E-state index < -0.39 is 35.3 Å². The van der Waals surface area contributed by atoms with E-state index in [1.165, 1.54) is 0 Å². The summed E-state index contributed by atoms with van der Waals surface area (Å²) in [4.78, 5) is 55.2. The second kappa shape index (κ2) is 5.47. The van der Waals surface area contributed by atoms with Gasteiger partial charge in [0, 0.05) is 0 Å². The topological polar surface area (TPSA) is 94.6 Å². The van der Waals surface area contributed by atoms with E-state index in [2.05, 4.69) is 4.74 Å². The van der Waals surface area contributed by atoms with E-state index in [1.807, 2.05) is 6.92 Å². The molecular formula is C11H12O6. The molecule has 6 nitrogen and oxygen atoms in total. The van der Waals surface area contributed by atoms with Crippen LogP contribution in [0.5, 0.6) is 0 Å². The van der Waals surface area contributed by atoms with Crippen molar-refractivity contribution in [2.24, 2.45) is 5.92 Å². The lowest BCUT2D eigenvalue weighted by Gasteiger charge is -2.06. The van der Waals surface area contributed by atoms with Gasteiger partial charge in [0.05, 0.1) is 5.92 Å². The van der Waals surface area contributed by atoms with Gasteiger partial charge in [-0.15, -0.1) is 0 Å². The first-order valence-electron chi connectivity index (χ1n) is 5.30. The van der Waals surface area contributed by atoms with Crippen molar-refractivity contribution >= 4 is 29.6 Å². The van der Waals surface area contributed by atoms with Crippen LogP contribution in [0.25, 0.3) is 0 Å². The van der Waals surface area contributed by atoms with Gasteiger partial charge in [0.2, 0.25) is 24.0 Å². The van der Waals surface area contributed by atoms with Gasteiger partial charge in [-0.2, -0.15) is 0 Å². The fourth-order valence-electron chi connectivity index (χ4n) is 1.68. The van der Waals surface area contributed by atoms with Gasteiger partial charge in [0.25, 0.3) is 0 Å². The zero-order valence-electron chi connectivity index (χ0n) is 9.30.